The molecule has 2 aromatic heterocycles. The summed E-state index contributed by atoms with van der Waals surface area (Å²) in [5.41, 5.74) is 7.75. The molecular formula is C20H18N4OS. The van der Waals surface area contributed by atoms with Gasteiger partial charge in [-0.15, -0.1) is 11.3 Å². The molecule has 1 aromatic carbocycles. The Balaban J connectivity index is 1.50. The molecule has 0 aliphatic carbocycles. The smallest absolute Gasteiger partial charge is 0.129 e. The average Bonchev–Trinajstić information content (AvgIpc) is 3.38. The molecule has 0 N–H and O–H groups in total. The normalized spacial score (nSPS) is 16.5. The van der Waals surface area contributed by atoms with Gasteiger partial charge in [0.05, 0.1) is 35.9 Å². The molecule has 1 saturated heterocycles. The van der Waals surface area contributed by atoms with Gasteiger partial charge >= 0.3 is 0 Å². The van der Waals surface area contributed by atoms with Crippen molar-refractivity contribution in [1.29, 1.82) is 0 Å². The second kappa shape index (κ2) is 6.63. The van der Waals surface area contributed by atoms with E-state index in [1.165, 1.54) is 21.6 Å². The third-order valence-electron chi connectivity index (χ3n) is 4.84. The molecule has 5 rings (SSSR count). The van der Waals surface area contributed by atoms with Gasteiger partial charge in [0, 0.05) is 36.6 Å². The van der Waals surface area contributed by atoms with Crippen molar-refractivity contribution in [1.82, 2.24) is 9.97 Å². The van der Waals surface area contributed by atoms with Crippen molar-refractivity contribution < 1.29 is 4.74 Å². The first kappa shape index (κ1) is 15.7. The van der Waals surface area contributed by atoms with Crippen molar-refractivity contribution in [3.8, 4) is 10.4 Å². The first-order valence-electron chi connectivity index (χ1n) is 8.74. The molecule has 0 bridgehead atoms. The molecule has 0 saturated carbocycles. The lowest BCUT2D eigenvalue weighted by molar-refractivity contribution is 0.122. The van der Waals surface area contributed by atoms with Crippen molar-refractivity contribution in [3.05, 3.63) is 64.9 Å². The van der Waals surface area contributed by atoms with E-state index in [1.807, 2.05) is 17.9 Å². The van der Waals surface area contributed by atoms with Crippen molar-refractivity contribution in [2.24, 2.45) is 4.99 Å². The topological polar surface area (TPSA) is 50.6 Å². The molecule has 0 spiro atoms. The number of aliphatic imine (C=N–C) groups is 1. The zero-order valence-electron chi connectivity index (χ0n) is 14.3. The van der Waals surface area contributed by atoms with Crippen LogP contribution in [0.4, 0.5) is 5.82 Å². The first-order chi connectivity index (χ1) is 12.9. The zero-order valence-corrected chi connectivity index (χ0v) is 15.1. The quantitative estimate of drug-likeness (QED) is 0.717. The fourth-order valence-corrected chi connectivity index (χ4v) is 4.09. The molecule has 3 aromatic rings. The molecule has 2 aliphatic rings. The maximum Gasteiger partial charge on any atom is 0.129 e. The van der Waals surface area contributed by atoms with Crippen LogP contribution in [0.3, 0.4) is 0 Å². The van der Waals surface area contributed by atoms with Gasteiger partial charge in [-0.3, -0.25) is 9.98 Å². The Morgan fingerprint density at radius 2 is 1.96 bits per heavy atom. The SMILES string of the molecule is c1cc(C2=NCc3ccc(-c4cncs4)cc32)cc(N2CCOCC2)n1. The second-order valence-corrected chi connectivity index (χ2v) is 7.29. The van der Waals surface area contributed by atoms with E-state index in [-0.39, 0.29) is 0 Å². The molecule has 0 amide bonds. The number of hydrogen-bond donors (Lipinski definition) is 0. The van der Waals surface area contributed by atoms with Crippen LogP contribution >= 0.6 is 11.3 Å². The van der Waals surface area contributed by atoms with E-state index in [1.54, 1.807) is 11.3 Å². The van der Waals surface area contributed by atoms with E-state index in [2.05, 4.69) is 45.2 Å². The summed E-state index contributed by atoms with van der Waals surface area (Å²) < 4.78 is 5.45. The standard InChI is InChI=1S/C20H18N4OS/c1-2-16-11-23-20(17(16)9-14(1)18-12-21-13-26-18)15-3-4-22-19(10-15)24-5-7-25-8-6-24/h1-4,9-10,12-13H,5-8,11H2. The molecule has 26 heavy (non-hydrogen) atoms. The van der Waals surface area contributed by atoms with Gasteiger partial charge in [0.25, 0.3) is 0 Å². The minimum absolute atomic E-state index is 0.739. The fraction of sp³-hybridized carbons (Fsp3) is 0.250. The largest absolute Gasteiger partial charge is 0.378 e. The average molecular weight is 362 g/mol. The highest BCUT2D eigenvalue weighted by molar-refractivity contribution is 7.13. The minimum atomic E-state index is 0.739. The van der Waals surface area contributed by atoms with E-state index in [9.17, 15) is 0 Å². The van der Waals surface area contributed by atoms with Crippen LogP contribution in [-0.4, -0.2) is 42.0 Å². The monoisotopic (exact) mass is 362 g/mol. The number of anilines is 1. The van der Waals surface area contributed by atoms with Gasteiger partial charge < -0.3 is 9.64 Å². The van der Waals surface area contributed by atoms with Crippen LogP contribution in [0, 0.1) is 0 Å². The molecule has 0 atom stereocenters. The van der Waals surface area contributed by atoms with Crippen molar-refractivity contribution >= 4 is 22.9 Å². The van der Waals surface area contributed by atoms with Gasteiger partial charge in [-0.1, -0.05) is 12.1 Å². The van der Waals surface area contributed by atoms with E-state index in [0.29, 0.717) is 0 Å². The van der Waals surface area contributed by atoms with Gasteiger partial charge in [0.1, 0.15) is 5.82 Å². The molecule has 2 aliphatic heterocycles. The van der Waals surface area contributed by atoms with E-state index in [0.717, 1.165) is 49.9 Å². The Hall–Kier alpha value is -2.57. The summed E-state index contributed by atoms with van der Waals surface area (Å²) in [6, 6.07) is 10.8. The summed E-state index contributed by atoms with van der Waals surface area (Å²) >= 11 is 1.66. The van der Waals surface area contributed by atoms with E-state index < -0.39 is 0 Å². The predicted molar refractivity (Wildman–Crippen MR) is 104 cm³/mol. The van der Waals surface area contributed by atoms with Crippen LogP contribution in [0.25, 0.3) is 10.4 Å². The predicted octanol–water partition coefficient (Wildman–Crippen LogP) is 3.39. The highest BCUT2D eigenvalue weighted by Crippen LogP contribution is 2.30. The van der Waals surface area contributed by atoms with Gasteiger partial charge in [-0.05, 0) is 29.3 Å². The van der Waals surface area contributed by atoms with Gasteiger partial charge in [0.2, 0.25) is 0 Å². The molecule has 1 fully saturated rings. The van der Waals surface area contributed by atoms with Crippen LogP contribution in [0.2, 0.25) is 0 Å². The first-order valence-corrected chi connectivity index (χ1v) is 9.62. The molecule has 0 radical (unpaired) electrons. The minimum Gasteiger partial charge on any atom is -0.378 e. The Morgan fingerprint density at radius 1 is 1.04 bits per heavy atom. The summed E-state index contributed by atoms with van der Waals surface area (Å²) in [4.78, 5) is 17.0. The number of pyridine rings is 1. The van der Waals surface area contributed by atoms with E-state index in [4.69, 9.17) is 9.73 Å². The van der Waals surface area contributed by atoms with Crippen molar-refractivity contribution in [2.75, 3.05) is 31.2 Å². The van der Waals surface area contributed by atoms with Crippen LogP contribution < -0.4 is 4.90 Å². The highest BCUT2D eigenvalue weighted by Gasteiger charge is 2.20. The third kappa shape index (κ3) is 2.81. The molecular weight excluding hydrogens is 344 g/mol. The fourth-order valence-electron chi connectivity index (χ4n) is 3.47. The molecule has 5 nitrogen and oxygen atoms in total. The van der Waals surface area contributed by atoms with Crippen LogP contribution in [0.15, 0.2) is 53.2 Å². The number of aromatic nitrogens is 2. The highest BCUT2D eigenvalue weighted by atomic mass is 32.1. The number of thiazole rings is 1. The maximum atomic E-state index is 5.45. The number of fused-ring (bicyclic) bond motifs is 1. The Kier molecular flexibility index (Phi) is 3.99. The third-order valence-corrected chi connectivity index (χ3v) is 5.67. The molecule has 0 unspecified atom stereocenters. The molecule has 6 heteroatoms. The van der Waals surface area contributed by atoms with Crippen LogP contribution in [-0.2, 0) is 11.3 Å². The number of ether oxygens (including phenoxy) is 1. The lowest BCUT2D eigenvalue weighted by Crippen LogP contribution is -2.36. The molecule has 4 heterocycles. The van der Waals surface area contributed by atoms with Gasteiger partial charge in [-0.2, -0.15) is 0 Å². The lowest BCUT2D eigenvalue weighted by Gasteiger charge is -2.28. The Bertz CT molecular complexity index is 962. The van der Waals surface area contributed by atoms with Gasteiger partial charge in [0.15, 0.2) is 0 Å². The van der Waals surface area contributed by atoms with Crippen molar-refractivity contribution in [2.45, 2.75) is 6.54 Å². The summed E-state index contributed by atoms with van der Waals surface area (Å²) in [6.45, 7) is 4.02. The summed E-state index contributed by atoms with van der Waals surface area (Å²) in [5.74, 6) is 1.00. The van der Waals surface area contributed by atoms with Crippen LogP contribution in [0.5, 0.6) is 0 Å². The number of benzene rings is 1. The summed E-state index contributed by atoms with van der Waals surface area (Å²) in [5, 5.41) is 0. The van der Waals surface area contributed by atoms with Crippen molar-refractivity contribution in [3.63, 3.8) is 0 Å². The summed E-state index contributed by atoms with van der Waals surface area (Å²) in [7, 11) is 0. The Labute approximate surface area is 156 Å². The van der Waals surface area contributed by atoms with Crippen LogP contribution in [0.1, 0.15) is 16.7 Å². The second-order valence-electron chi connectivity index (χ2n) is 6.40. The maximum absolute atomic E-state index is 5.45. The molecule has 130 valence electrons. The number of nitrogens with zero attached hydrogens (tertiary/aromatic N) is 4. The lowest BCUT2D eigenvalue weighted by atomic mass is 9.98. The number of hydrogen-bond acceptors (Lipinski definition) is 6. The Morgan fingerprint density at radius 3 is 2.81 bits per heavy atom. The zero-order chi connectivity index (χ0) is 17.3. The number of morpholine rings is 1. The van der Waals surface area contributed by atoms with E-state index >= 15 is 0 Å². The number of rotatable bonds is 3. The summed E-state index contributed by atoms with van der Waals surface area (Å²) in [6.07, 6.45) is 3.80. The van der Waals surface area contributed by atoms with Gasteiger partial charge in [-0.25, -0.2) is 4.98 Å².